The van der Waals surface area contributed by atoms with Crippen molar-refractivity contribution in [1.82, 2.24) is 19.5 Å². The normalized spacial score (nSPS) is 16.0. The number of aryl methyl sites for hydroxylation is 1. The predicted molar refractivity (Wildman–Crippen MR) is 117 cm³/mol. The number of carbonyl (C=O) groups excluding carboxylic acids is 1. The van der Waals surface area contributed by atoms with Gasteiger partial charge in [-0.2, -0.15) is 9.61 Å². The maximum atomic E-state index is 13.2. The highest BCUT2D eigenvalue weighted by atomic mass is 16.5. The van der Waals surface area contributed by atoms with Gasteiger partial charge in [0, 0.05) is 49.5 Å². The molecule has 1 amide bonds. The number of fused-ring (bicyclic) bond motifs is 1. The first kappa shape index (κ1) is 21.1. The van der Waals surface area contributed by atoms with Crippen LogP contribution < -0.4 is 15.6 Å². The van der Waals surface area contributed by atoms with Crippen molar-refractivity contribution in [3.63, 3.8) is 0 Å². The van der Waals surface area contributed by atoms with E-state index >= 15 is 0 Å². The number of hydrogen-bond donors (Lipinski definition) is 1. The van der Waals surface area contributed by atoms with Gasteiger partial charge in [0.25, 0.3) is 5.56 Å². The molecule has 1 N–H and O–H groups in total. The molecule has 0 bridgehead atoms. The lowest BCUT2D eigenvalue weighted by Crippen LogP contribution is -2.32. The Hall–Kier alpha value is -3.13. The second-order valence-corrected chi connectivity index (χ2v) is 7.87. The zero-order chi connectivity index (χ0) is 22.0. The van der Waals surface area contributed by atoms with E-state index in [1.54, 1.807) is 7.11 Å². The van der Waals surface area contributed by atoms with E-state index in [0.717, 1.165) is 30.7 Å². The molecule has 1 aliphatic heterocycles. The number of ether oxygens (including phenoxy) is 2. The minimum atomic E-state index is -0.196. The van der Waals surface area contributed by atoms with Crippen LogP contribution in [0.25, 0.3) is 16.9 Å². The zero-order valence-corrected chi connectivity index (χ0v) is 18.2. The van der Waals surface area contributed by atoms with E-state index in [4.69, 9.17) is 9.47 Å². The zero-order valence-electron chi connectivity index (χ0n) is 18.2. The molecule has 1 aliphatic rings. The van der Waals surface area contributed by atoms with Gasteiger partial charge in [-0.05, 0) is 38.3 Å². The van der Waals surface area contributed by atoms with Gasteiger partial charge in [-0.25, -0.2) is 0 Å². The molecule has 0 radical (unpaired) electrons. The highest BCUT2D eigenvalue weighted by Gasteiger charge is 2.19. The van der Waals surface area contributed by atoms with E-state index in [2.05, 4.69) is 10.4 Å². The van der Waals surface area contributed by atoms with E-state index in [-0.39, 0.29) is 24.0 Å². The first-order chi connectivity index (χ1) is 15.0. The Morgan fingerprint density at radius 2 is 2.16 bits per heavy atom. The van der Waals surface area contributed by atoms with Crippen LogP contribution in [0.2, 0.25) is 0 Å². The van der Waals surface area contributed by atoms with Crippen LogP contribution in [0.4, 0.5) is 0 Å². The maximum Gasteiger partial charge on any atom is 0.277 e. The van der Waals surface area contributed by atoms with E-state index in [1.807, 2.05) is 48.9 Å². The monoisotopic (exact) mass is 424 g/mol. The second-order valence-electron chi connectivity index (χ2n) is 7.87. The molecular formula is C23H28N4O4. The van der Waals surface area contributed by atoms with Gasteiger partial charge in [0.05, 0.1) is 18.9 Å². The number of carbonyl (C=O) groups is 1. The number of hydrogen-bond acceptors (Lipinski definition) is 5. The highest BCUT2D eigenvalue weighted by Crippen LogP contribution is 2.29. The van der Waals surface area contributed by atoms with Crippen molar-refractivity contribution >= 4 is 11.6 Å². The number of benzene rings is 1. The van der Waals surface area contributed by atoms with Crippen LogP contribution in [0.1, 0.15) is 30.5 Å². The number of nitrogens with one attached hydrogen (secondary N) is 1. The van der Waals surface area contributed by atoms with E-state index in [0.29, 0.717) is 35.6 Å². The molecule has 1 atom stereocenters. The minimum absolute atomic E-state index is 0.0766. The molecule has 4 rings (SSSR count). The Morgan fingerprint density at radius 3 is 2.90 bits per heavy atom. The molecule has 8 heteroatoms. The summed E-state index contributed by atoms with van der Waals surface area (Å²) in [5.41, 5.74) is 3.40. The van der Waals surface area contributed by atoms with Crippen LogP contribution in [0.3, 0.4) is 0 Å². The number of aromatic nitrogens is 3. The average molecular weight is 425 g/mol. The van der Waals surface area contributed by atoms with Crippen LogP contribution in [0, 0.1) is 6.92 Å². The van der Waals surface area contributed by atoms with Gasteiger partial charge in [-0.3, -0.25) is 9.59 Å². The van der Waals surface area contributed by atoms with Crippen molar-refractivity contribution < 1.29 is 14.3 Å². The second kappa shape index (κ2) is 8.93. The van der Waals surface area contributed by atoms with Crippen LogP contribution >= 0.6 is 0 Å². The molecule has 164 valence electrons. The Balaban J connectivity index is 1.58. The topological polar surface area (TPSA) is 86.9 Å². The summed E-state index contributed by atoms with van der Waals surface area (Å²) in [5, 5.41) is 7.47. The molecule has 0 unspecified atom stereocenters. The highest BCUT2D eigenvalue weighted by molar-refractivity contribution is 5.76. The summed E-state index contributed by atoms with van der Waals surface area (Å²) in [5.74, 6) is 0.619. The van der Waals surface area contributed by atoms with Gasteiger partial charge in [-0.15, -0.1) is 0 Å². The summed E-state index contributed by atoms with van der Waals surface area (Å²) >= 11 is 0. The lowest BCUT2D eigenvalue weighted by atomic mass is 10.1. The lowest BCUT2D eigenvalue weighted by molar-refractivity contribution is -0.121. The van der Waals surface area contributed by atoms with E-state index in [9.17, 15) is 9.59 Å². The molecule has 3 heterocycles. The standard InChI is InChI=1S/C23H28N4O4/c1-15-17(10-11-21(28)24-14-16-7-6-12-31-16)23(29)27-22(26(15)2)13-19(25-27)18-8-4-5-9-20(18)30-3/h4-5,8-9,13,16H,6-7,10-12,14H2,1-3H3,(H,24,28)/t16-/m0/s1. The molecule has 0 saturated carbocycles. The number of amides is 1. The first-order valence-electron chi connectivity index (χ1n) is 10.6. The molecule has 2 aromatic heterocycles. The van der Waals surface area contributed by atoms with Gasteiger partial charge in [0.15, 0.2) is 0 Å². The van der Waals surface area contributed by atoms with Crippen molar-refractivity contribution in [2.45, 2.75) is 38.7 Å². The number of methoxy groups -OCH3 is 1. The maximum absolute atomic E-state index is 13.2. The fourth-order valence-corrected chi connectivity index (χ4v) is 4.05. The Morgan fingerprint density at radius 1 is 1.35 bits per heavy atom. The summed E-state index contributed by atoms with van der Waals surface area (Å²) in [6.45, 7) is 3.18. The van der Waals surface area contributed by atoms with Crippen molar-refractivity contribution in [2.24, 2.45) is 7.05 Å². The van der Waals surface area contributed by atoms with E-state index < -0.39 is 0 Å². The summed E-state index contributed by atoms with van der Waals surface area (Å²) < 4.78 is 14.3. The van der Waals surface area contributed by atoms with Gasteiger partial charge in [-0.1, -0.05) is 12.1 Å². The summed E-state index contributed by atoms with van der Waals surface area (Å²) in [6.07, 6.45) is 2.72. The largest absolute Gasteiger partial charge is 0.496 e. The quantitative estimate of drug-likeness (QED) is 0.629. The number of rotatable bonds is 7. The summed E-state index contributed by atoms with van der Waals surface area (Å²) in [4.78, 5) is 25.5. The fraction of sp³-hybridized carbons (Fsp3) is 0.435. The first-order valence-corrected chi connectivity index (χ1v) is 10.6. The number of nitrogens with zero attached hydrogens (tertiary/aromatic N) is 3. The third-order valence-electron chi connectivity index (χ3n) is 5.96. The van der Waals surface area contributed by atoms with Crippen LogP contribution in [-0.2, 0) is 23.0 Å². The smallest absolute Gasteiger partial charge is 0.277 e. The van der Waals surface area contributed by atoms with Gasteiger partial charge in [0.2, 0.25) is 5.91 Å². The van der Waals surface area contributed by atoms with Gasteiger partial charge in [0.1, 0.15) is 11.4 Å². The minimum Gasteiger partial charge on any atom is -0.496 e. The molecular weight excluding hydrogens is 396 g/mol. The average Bonchev–Trinajstić information content (AvgIpc) is 3.46. The summed E-state index contributed by atoms with van der Waals surface area (Å²) in [6, 6.07) is 9.46. The van der Waals surface area contributed by atoms with Crippen molar-refractivity contribution in [3.05, 3.63) is 51.9 Å². The Kier molecular flexibility index (Phi) is 6.08. The predicted octanol–water partition coefficient (Wildman–Crippen LogP) is 2.24. The summed E-state index contributed by atoms with van der Waals surface area (Å²) in [7, 11) is 3.51. The van der Waals surface area contributed by atoms with Gasteiger partial charge >= 0.3 is 0 Å². The van der Waals surface area contributed by atoms with Crippen LogP contribution in [-0.4, -0.2) is 46.5 Å². The molecule has 1 fully saturated rings. The van der Waals surface area contributed by atoms with E-state index in [1.165, 1.54) is 4.52 Å². The Labute approximate surface area is 180 Å². The van der Waals surface area contributed by atoms with Crippen LogP contribution in [0.15, 0.2) is 35.1 Å². The fourth-order valence-electron chi connectivity index (χ4n) is 4.05. The third kappa shape index (κ3) is 4.20. The SMILES string of the molecule is COc1ccccc1-c1cc2n(C)c(C)c(CCC(=O)NC[C@@H]3CCCO3)c(=O)n2n1. The van der Waals surface area contributed by atoms with Crippen LogP contribution in [0.5, 0.6) is 5.75 Å². The molecule has 1 aromatic carbocycles. The van der Waals surface area contributed by atoms with Gasteiger partial charge < -0.3 is 19.4 Å². The third-order valence-corrected chi connectivity index (χ3v) is 5.96. The molecule has 3 aromatic rings. The van der Waals surface area contributed by atoms with Crippen molar-refractivity contribution in [2.75, 3.05) is 20.3 Å². The Bertz CT molecular complexity index is 1160. The molecule has 8 nitrogen and oxygen atoms in total. The molecule has 31 heavy (non-hydrogen) atoms. The van der Waals surface area contributed by atoms with Crippen molar-refractivity contribution in [3.8, 4) is 17.0 Å². The number of para-hydroxylation sites is 1. The van der Waals surface area contributed by atoms with Crippen molar-refractivity contribution in [1.29, 1.82) is 0 Å². The lowest BCUT2D eigenvalue weighted by Gasteiger charge is -2.13. The molecule has 0 aliphatic carbocycles. The molecule has 0 spiro atoms. The molecule has 1 saturated heterocycles.